The average Bonchev–Trinajstić information content (AvgIpc) is 3.16. The Morgan fingerprint density at radius 2 is 1.63 bits per heavy atom. The Bertz CT molecular complexity index is 1360. The lowest BCUT2D eigenvalue weighted by atomic mass is 9.41. The van der Waals surface area contributed by atoms with Crippen molar-refractivity contribution in [3.05, 3.63) is 105 Å². The van der Waals surface area contributed by atoms with Crippen LogP contribution in [-0.4, -0.2) is 0 Å². The number of aryl methyl sites for hydroxylation is 1. The van der Waals surface area contributed by atoms with Gasteiger partial charge in [0.15, 0.2) is 0 Å². The molecule has 35 heavy (non-hydrogen) atoms. The summed E-state index contributed by atoms with van der Waals surface area (Å²) in [6.45, 7) is 32.7. The zero-order chi connectivity index (χ0) is 25.7. The summed E-state index contributed by atoms with van der Waals surface area (Å²) >= 11 is 0. The molecule has 0 N–H and O–H groups in total. The number of benzene rings is 1. The van der Waals surface area contributed by atoms with Crippen LogP contribution in [0.5, 0.6) is 0 Å². The molecule has 4 aliphatic rings. The molecule has 0 nitrogen and oxygen atoms in total. The molecule has 0 heteroatoms. The molecule has 0 aliphatic heterocycles. The molecule has 0 spiro atoms. The monoisotopic (exact) mass is 462 g/mol. The minimum absolute atomic E-state index is 0.0634. The number of allylic oxidation sites excluding steroid dienone is 11. The van der Waals surface area contributed by atoms with Crippen LogP contribution in [0.4, 0.5) is 0 Å². The van der Waals surface area contributed by atoms with Crippen molar-refractivity contribution in [2.24, 2.45) is 16.2 Å². The summed E-state index contributed by atoms with van der Waals surface area (Å²) < 4.78 is 0. The van der Waals surface area contributed by atoms with Gasteiger partial charge in [0.05, 0.1) is 0 Å². The number of hydrogen-bond donors (Lipinski definition) is 0. The number of hydrogen-bond acceptors (Lipinski definition) is 0. The maximum absolute atomic E-state index is 4.81. The van der Waals surface area contributed by atoms with Crippen molar-refractivity contribution < 1.29 is 0 Å². The molecule has 4 aliphatic carbocycles. The predicted molar refractivity (Wildman–Crippen MR) is 153 cm³/mol. The van der Waals surface area contributed by atoms with Gasteiger partial charge < -0.3 is 0 Å². The van der Waals surface area contributed by atoms with Crippen LogP contribution in [0, 0.1) is 23.2 Å². The van der Waals surface area contributed by atoms with E-state index < -0.39 is 0 Å². The third-order valence-electron chi connectivity index (χ3n) is 10.2. The van der Waals surface area contributed by atoms with Gasteiger partial charge in [0.2, 0.25) is 0 Å². The van der Waals surface area contributed by atoms with E-state index in [1.807, 2.05) is 0 Å². The summed E-state index contributed by atoms with van der Waals surface area (Å²) in [5, 5.41) is 0. The first kappa shape index (κ1) is 24.1. The first-order valence-electron chi connectivity index (χ1n) is 13.2. The Kier molecular flexibility index (Phi) is 5.13. The fraction of sp³-hybridized carbons (Fsp3) is 0.429. The summed E-state index contributed by atoms with van der Waals surface area (Å²) in [7, 11) is 0. The lowest BCUT2D eigenvalue weighted by Gasteiger charge is -2.62. The topological polar surface area (TPSA) is 0 Å². The third-order valence-corrected chi connectivity index (χ3v) is 10.2. The van der Waals surface area contributed by atoms with Crippen molar-refractivity contribution in [3.63, 3.8) is 0 Å². The second kappa shape index (κ2) is 7.45. The van der Waals surface area contributed by atoms with Crippen molar-refractivity contribution in [3.8, 4) is 0 Å². The van der Waals surface area contributed by atoms with E-state index in [-0.39, 0.29) is 16.2 Å². The van der Waals surface area contributed by atoms with Gasteiger partial charge in [-0.3, -0.25) is 0 Å². The lowest BCUT2D eigenvalue weighted by Crippen LogP contribution is -2.52. The molecule has 0 heterocycles. The molecule has 0 radical (unpaired) electrons. The molecule has 0 bridgehead atoms. The zero-order valence-electron chi connectivity index (χ0n) is 23.3. The zero-order valence-corrected chi connectivity index (χ0v) is 23.3. The normalized spacial score (nSPS) is 32.2. The molecule has 3 atom stereocenters. The standard InChI is InChI=1S/C35H42/c1-20(2)30-23(5)17-34(10)19-33(9)18-29-28(27-14-12-21(3)16-27)15-13-22(4)31(29)24(6)32(33)26(8)35(34,11)25(30)7/h12-15H,1,6-7,16-19H2,2-5,8-11H3/t33-,34+,35-/m1/s1. The van der Waals surface area contributed by atoms with E-state index in [1.165, 1.54) is 66.8 Å². The molecule has 0 aromatic heterocycles. The summed E-state index contributed by atoms with van der Waals surface area (Å²) in [5.74, 6) is 0. The Hall–Kier alpha value is -2.60. The van der Waals surface area contributed by atoms with Crippen molar-refractivity contribution in [2.75, 3.05) is 0 Å². The van der Waals surface area contributed by atoms with Gasteiger partial charge in [0, 0.05) is 5.41 Å². The van der Waals surface area contributed by atoms with E-state index in [1.54, 1.807) is 0 Å². The Morgan fingerprint density at radius 1 is 0.943 bits per heavy atom. The van der Waals surface area contributed by atoms with Crippen LogP contribution in [0.25, 0.3) is 11.1 Å². The fourth-order valence-electron chi connectivity index (χ4n) is 8.69. The quantitative estimate of drug-likeness (QED) is 0.410. The average molecular weight is 463 g/mol. The van der Waals surface area contributed by atoms with Gasteiger partial charge >= 0.3 is 0 Å². The maximum Gasteiger partial charge on any atom is 0.0194 e. The predicted octanol–water partition coefficient (Wildman–Crippen LogP) is 9.89. The van der Waals surface area contributed by atoms with Gasteiger partial charge in [0.25, 0.3) is 0 Å². The van der Waals surface area contributed by atoms with Crippen molar-refractivity contribution in [1.29, 1.82) is 0 Å². The molecule has 0 fully saturated rings. The molecule has 1 aromatic rings. The van der Waals surface area contributed by atoms with E-state index in [9.17, 15) is 0 Å². The molecular formula is C35H42. The smallest absolute Gasteiger partial charge is 0.0194 e. The van der Waals surface area contributed by atoms with Crippen LogP contribution >= 0.6 is 0 Å². The number of fused-ring (bicyclic) bond motifs is 3. The minimum atomic E-state index is -0.101. The second-order valence-electron chi connectivity index (χ2n) is 12.8. The van der Waals surface area contributed by atoms with Gasteiger partial charge in [0.1, 0.15) is 0 Å². The van der Waals surface area contributed by atoms with Crippen LogP contribution in [0.15, 0.2) is 83.0 Å². The van der Waals surface area contributed by atoms with Gasteiger partial charge in [-0.05, 0) is 121 Å². The van der Waals surface area contributed by atoms with Crippen molar-refractivity contribution >= 4 is 11.1 Å². The Morgan fingerprint density at radius 3 is 2.23 bits per heavy atom. The first-order chi connectivity index (χ1) is 16.2. The van der Waals surface area contributed by atoms with E-state index in [2.05, 4.69) is 86.3 Å². The molecule has 0 saturated carbocycles. The van der Waals surface area contributed by atoms with Gasteiger partial charge in [-0.25, -0.2) is 0 Å². The lowest BCUT2D eigenvalue weighted by molar-refractivity contribution is 0.0544. The van der Waals surface area contributed by atoms with Crippen molar-refractivity contribution in [1.82, 2.24) is 0 Å². The molecule has 0 amide bonds. The molecule has 0 saturated heterocycles. The van der Waals surface area contributed by atoms with E-state index >= 15 is 0 Å². The van der Waals surface area contributed by atoms with Gasteiger partial charge in [-0.1, -0.05) is 87.1 Å². The van der Waals surface area contributed by atoms with E-state index in [0.717, 1.165) is 31.3 Å². The second-order valence-corrected chi connectivity index (χ2v) is 12.8. The highest BCUT2D eigenvalue weighted by molar-refractivity contribution is 5.90. The number of rotatable bonds is 2. The van der Waals surface area contributed by atoms with Crippen LogP contribution in [0.3, 0.4) is 0 Å². The van der Waals surface area contributed by atoms with Crippen LogP contribution in [0.2, 0.25) is 0 Å². The van der Waals surface area contributed by atoms with Crippen LogP contribution < -0.4 is 0 Å². The Balaban J connectivity index is 1.75. The van der Waals surface area contributed by atoms with Crippen LogP contribution in [0.1, 0.15) is 90.0 Å². The molecular weight excluding hydrogens is 420 g/mol. The third kappa shape index (κ3) is 3.05. The largest absolute Gasteiger partial charge is 0.0955 e. The fourth-order valence-corrected chi connectivity index (χ4v) is 8.69. The molecule has 1 aromatic carbocycles. The summed E-state index contributed by atoms with van der Waals surface area (Å²) in [6.07, 6.45) is 8.99. The van der Waals surface area contributed by atoms with Crippen molar-refractivity contribution in [2.45, 2.75) is 81.1 Å². The molecule has 5 rings (SSSR count). The van der Waals surface area contributed by atoms with E-state index in [4.69, 9.17) is 13.2 Å². The highest BCUT2D eigenvalue weighted by Crippen LogP contribution is 2.70. The maximum atomic E-state index is 4.81. The van der Waals surface area contributed by atoms with Gasteiger partial charge in [-0.2, -0.15) is 0 Å². The summed E-state index contributed by atoms with van der Waals surface area (Å²) in [4.78, 5) is 0. The minimum Gasteiger partial charge on any atom is -0.0955 e. The summed E-state index contributed by atoms with van der Waals surface area (Å²) in [6, 6.07) is 4.68. The highest BCUT2D eigenvalue weighted by Gasteiger charge is 2.59. The SMILES string of the molecule is C=C(C)C1=C(C)C[C@@]2(C)C[C@@]3(C)Cc4c(C5=CC=C(C)C5)ccc(C)c4C(=C)C3=C(C)[C@@]2(C)C1=C. The molecule has 182 valence electrons. The Labute approximate surface area is 213 Å². The molecule has 0 unspecified atom stereocenters. The van der Waals surface area contributed by atoms with E-state index in [0.29, 0.717) is 0 Å². The van der Waals surface area contributed by atoms with Gasteiger partial charge in [-0.15, -0.1) is 0 Å². The highest BCUT2D eigenvalue weighted by atomic mass is 14.6. The first-order valence-corrected chi connectivity index (χ1v) is 13.2. The summed E-state index contributed by atoms with van der Waals surface area (Å²) in [5.41, 5.74) is 18.0. The van der Waals surface area contributed by atoms with Crippen LogP contribution in [-0.2, 0) is 6.42 Å².